The molecule has 108 valence electrons. The minimum absolute atomic E-state index is 0.118. The van der Waals surface area contributed by atoms with Crippen LogP contribution in [0.15, 0.2) is 23.1 Å². The average molecular weight is 287 g/mol. The lowest BCUT2D eigenvalue weighted by molar-refractivity contribution is 0.176. The molecule has 0 aliphatic heterocycles. The molecular weight excluding hydrogens is 266 g/mol. The highest BCUT2D eigenvalue weighted by Gasteiger charge is 2.13. The van der Waals surface area contributed by atoms with Crippen LogP contribution in [-0.4, -0.2) is 33.2 Å². The Morgan fingerprint density at radius 3 is 2.63 bits per heavy atom. The summed E-state index contributed by atoms with van der Waals surface area (Å²) < 4.78 is 25.4. The zero-order valence-electron chi connectivity index (χ0n) is 11.2. The van der Waals surface area contributed by atoms with Crippen LogP contribution in [-0.2, 0) is 10.0 Å². The predicted molar refractivity (Wildman–Crippen MR) is 76.5 cm³/mol. The van der Waals surface area contributed by atoms with Gasteiger partial charge >= 0.3 is 0 Å². The summed E-state index contributed by atoms with van der Waals surface area (Å²) >= 11 is 0. The van der Waals surface area contributed by atoms with Gasteiger partial charge in [0.15, 0.2) is 0 Å². The fourth-order valence-corrected chi connectivity index (χ4v) is 2.41. The molecule has 0 bridgehead atoms. The molecule has 0 fully saturated rings. The molecule has 7 heteroatoms. The molecule has 19 heavy (non-hydrogen) atoms. The first-order valence-corrected chi connectivity index (χ1v) is 7.64. The maximum absolute atomic E-state index is 11.6. The molecule has 1 rings (SSSR count). The van der Waals surface area contributed by atoms with E-state index in [1.54, 1.807) is 6.07 Å². The van der Waals surface area contributed by atoms with Gasteiger partial charge in [-0.2, -0.15) is 0 Å². The lowest BCUT2D eigenvalue weighted by atomic mass is 10.2. The maximum atomic E-state index is 11.6. The van der Waals surface area contributed by atoms with Gasteiger partial charge in [-0.25, -0.2) is 13.1 Å². The van der Waals surface area contributed by atoms with Crippen molar-refractivity contribution in [2.45, 2.75) is 30.8 Å². The lowest BCUT2D eigenvalue weighted by Gasteiger charge is -2.14. The Balaban J connectivity index is 2.78. The number of hydrogen-bond donors (Lipinski definition) is 4. The molecule has 1 aromatic rings. The number of aliphatic hydroxyl groups is 1. The van der Waals surface area contributed by atoms with Gasteiger partial charge in [0, 0.05) is 6.54 Å². The van der Waals surface area contributed by atoms with Crippen molar-refractivity contribution in [1.82, 2.24) is 4.72 Å². The third-order valence-electron chi connectivity index (χ3n) is 2.75. The fraction of sp³-hybridized carbons (Fsp3) is 0.500. The zero-order valence-corrected chi connectivity index (χ0v) is 12.0. The lowest BCUT2D eigenvalue weighted by Crippen LogP contribution is -2.20. The smallest absolute Gasteiger partial charge is 0.240 e. The molecule has 0 aliphatic carbocycles. The van der Waals surface area contributed by atoms with Gasteiger partial charge in [0.25, 0.3) is 0 Å². The summed E-state index contributed by atoms with van der Waals surface area (Å²) in [6, 6.07) is 4.45. The minimum atomic E-state index is -3.48. The van der Waals surface area contributed by atoms with Gasteiger partial charge in [-0.05, 0) is 31.7 Å². The predicted octanol–water partition coefficient (Wildman–Crippen LogP) is 0.750. The Bertz CT molecular complexity index is 517. The first kappa shape index (κ1) is 15.7. The van der Waals surface area contributed by atoms with E-state index in [0.29, 0.717) is 24.3 Å². The van der Waals surface area contributed by atoms with Crippen LogP contribution >= 0.6 is 0 Å². The molecule has 0 saturated heterocycles. The van der Waals surface area contributed by atoms with E-state index in [1.807, 2.05) is 6.92 Å². The highest BCUT2D eigenvalue weighted by Crippen LogP contribution is 2.22. The minimum Gasteiger partial charge on any atom is -0.397 e. The number of nitrogens with one attached hydrogen (secondary N) is 2. The van der Waals surface area contributed by atoms with Gasteiger partial charge in [-0.3, -0.25) is 0 Å². The van der Waals surface area contributed by atoms with Gasteiger partial charge < -0.3 is 16.2 Å². The second-order valence-corrected chi connectivity index (χ2v) is 6.17. The molecule has 0 radical (unpaired) electrons. The van der Waals surface area contributed by atoms with Crippen LogP contribution in [0.1, 0.15) is 19.8 Å². The van der Waals surface area contributed by atoms with Crippen LogP contribution in [0.2, 0.25) is 0 Å². The number of nitrogen functional groups attached to an aromatic ring is 1. The Labute approximate surface area is 114 Å². The van der Waals surface area contributed by atoms with Crippen molar-refractivity contribution in [2.75, 3.05) is 24.6 Å². The quantitative estimate of drug-likeness (QED) is 0.554. The summed E-state index contributed by atoms with van der Waals surface area (Å²) in [6.45, 7) is 2.38. The van der Waals surface area contributed by atoms with Crippen molar-refractivity contribution in [1.29, 1.82) is 0 Å². The molecule has 0 spiro atoms. The van der Waals surface area contributed by atoms with Gasteiger partial charge in [0.1, 0.15) is 0 Å². The highest BCUT2D eigenvalue weighted by atomic mass is 32.2. The molecule has 0 saturated carbocycles. The molecule has 5 N–H and O–H groups in total. The number of rotatable bonds is 7. The summed E-state index contributed by atoms with van der Waals surface area (Å²) in [7, 11) is -2.14. The SMILES string of the molecule is CCCC(O)CNc1ccc(S(=O)(=O)NC)cc1N. The van der Waals surface area contributed by atoms with Gasteiger partial charge in [0.2, 0.25) is 10.0 Å². The van der Waals surface area contributed by atoms with E-state index in [4.69, 9.17) is 5.73 Å². The second kappa shape index (κ2) is 6.74. The molecule has 0 amide bonds. The topological polar surface area (TPSA) is 104 Å². The molecule has 1 aromatic carbocycles. The fourth-order valence-electron chi connectivity index (χ4n) is 1.65. The van der Waals surface area contributed by atoms with E-state index in [9.17, 15) is 13.5 Å². The molecule has 0 aromatic heterocycles. The average Bonchev–Trinajstić information content (AvgIpc) is 2.37. The van der Waals surface area contributed by atoms with Crippen molar-refractivity contribution >= 4 is 21.4 Å². The number of anilines is 2. The van der Waals surface area contributed by atoms with Crippen LogP contribution < -0.4 is 15.8 Å². The normalized spacial score (nSPS) is 13.2. The zero-order chi connectivity index (χ0) is 14.5. The maximum Gasteiger partial charge on any atom is 0.240 e. The molecular formula is C12H21N3O3S. The summed E-state index contributed by atoms with van der Waals surface area (Å²) in [5, 5.41) is 12.6. The van der Waals surface area contributed by atoms with E-state index < -0.39 is 16.1 Å². The number of benzene rings is 1. The van der Waals surface area contributed by atoms with Gasteiger partial charge in [-0.15, -0.1) is 0 Å². The number of sulfonamides is 1. The van der Waals surface area contributed by atoms with E-state index in [1.165, 1.54) is 19.2 Å². The van der Waals surface area contributed by atoms with E-state index in [2.05, 4.69) is 10.0 Å². The standard InChI is InChI=1S/C12H21N3O3S/c1-3-4-9(16)8-15-12-6-5-10(7-11(12)13)19(17,18)14-2/h5-7,9,14-16H,3-4,8,13H2,1-2H3. The van der Waals surface area contributed by atoms with Crippen LogP contribution in [0, 0.1) is 0 Å². The summed E-state index contributed by atoms with van der Waals surface area (Å²) in [4.78, 5) is 0.118. The van der Waals surface area contributed by atoms with Gasteiger partial charge in [-0.1, -0.05) is 13.3 Å². The Hall–Kier alpha value is -1.31. The van der Waals surface area contributed by atoms with Crippen LogP contribution in [0.25, 0.3) is 0 Å². The number of hydrogen-bond acceptors (Lipinski definition) is 5. The van der Waals surface area contributed by atoms with Crippen molar-refractivity contribution < 1.29 is 13.5 Å². The van der Waals surface area contributed by atoms with E-state index in [-0.39, 0.29) is 4.90 Å². The summed E-state index contributed by atoms with van der Waals surface area (Å²) in [5.41, 5.74) is 6.75. The Kier molecular flexibility index (Phi) is 5.59. The van der Waals surface area contributed by atoms with Crippen molar-refractivity contribution in [3.8, 4) is 0 Å². The number of nitrogens with two attached hydrogens (primary N) is 1. The molecule has 0 aliphatic rings. The third kappa shape index (κ3) is 4.38. The van der Waals surface area contributed by atoms with Crippen molar-refractivity contribution in [3.05, 3.63) is 18.2 Å². The molecule has 1 unspecified atom stereocenters. The van der Waals surface area contributed by atoms with E-state index >= 15 is 0 Å². The number of aliphatic hydroxyl groups excluding tert-OH is 1. The van der Waals surface area contributed by atoms with E-state index in [0.717, 1.165) is 6.42 Å². The van der Waals surface area contributed by atoms with Crippen LogP contribution in [0.3, 0.4) is 0 Å². The van der Waals surface area contributed by atoms with Crippen LogP contribution in [0.4, 0.5) is 11.4 Å². The first-order valence-electron chi connectivity index (χ1n) is 6.15. The summed E-state index contributed by atoms with van der Waals surface area (Å²) in [6.07, 6.45) is 1.17. The Morgan fingerprint density at radius 2 is 2.11 bits per heavy atom. The molecule has 1 atom stereocenters. The highest BCUT2D eigenvalue weighted by molar-refractivity contribution is 7.89. The molecule has 6 nitrogen and oxygen atoms in total. The third-order valence-corrected chi connectivity index (χ3v) is 4.16. The summed E-state index contributed by atoms with van der Waals surface area (Å²) in [5.74, 6) is 0. The largest absolute Gasteiger partial charge is 0.397 e. The monoisotopic (exact) mass is 287 g/mol. The molecule has 0 heterocycles. The van der Waals surface area contributed by atoms with Crippen molar-refractivity contribution in [2.24, 2.45) is 0 Å². The second-order valence-electron chi connectivity index (χ2n) is 4.28. The first-order chi connectivity index (χ1) is 8.90. The Morgan fingerprint density at radius 1 is 1.42 bits per heavy atom. The van der Waals surface area contributed by atoms with Crippen molar-refractivity contribution in [3.63, 3.8) is 0 Å². The van der Waals surface area contributed by atoms with Gasteiger partial charge in [0.05, 0.1) is 22.4 Å². The van der Waals surface area contributed by atoms with Crippen LogP contribution in [0.5, 0.6) is 0 Å².